The third-order valence-corrected chi connectivity index (χ3v) is 4.72. The molecule has 4 heterocycles. The minimum absolute atomic E-state index is 0.692. The molecule has 4 aromatic rings. The Labute approximate surface area is 150 Å². The average Bonchev–Trinajstić information content (AvgIpc) is 3.30. The number of aromatic amines is 1. The molecule has 26 heavy (non-hydrogen) atoms. The molecule has 3 aromatic heterocycles. The molecule has 0 radical (unpaired) electrons. The Hall–Kier alpha value is -3.19. The van der Waals surface area contributed by atoms with Gasteiger partial charge in [-0.25, -0.2) is 9.97 Å². The van der Waals surface area contributed by atoms with E-state index in [-0.39, 0.29) is 0 Å². The second-order valence-electron chi connectivity index (χ2n) is 6.59. The Kier molecular flexibility index (Phi) is 3.46. The first-order valence-corrected chi connectivity index (χ1v) is 8.72. The highest BCUT2D eigenvalue weighted by Crippen LogP contribution is 2.26. The fourth-order valence-electron chi connectivity index (χ4n) is 3.40. The van der Waals surface area contributed by atoms with E-state index in [1.54, 1.807) is 6.20 Å². The number of aromatic nitrogens is 5. The topological polar surface area (TPSA) is 82.9 Å². The summed E-state index contributed by atoms with van der Waals surface area (Å²) in [4.78, 5) is 9.28. The summed E-state index contributed by atoms with van der Waals surface area (Å²) >= 11 is 0. The fourth-order valence-corrected chi connectivity index (χ4v) is 3.40. The molecule has 0 fully saturated rings. The lowest BCUT2D eigenvalue weighted by atomic mass is 9.97. The number of rotatable bonds is 3. The summed E-state index contributed by atoms with van der Waals surface area (Å²) in [6, 6.07) is 10.5. The summed E-state index contributed by atoms with van der Waals surface area (Å²) in [6.07, 6.45) is 4.75. The third kappa shape index (κ3) is 2.62. The minimum atomic E-state index is 0.692. The highest BCUT2D eigenvalue weighted by molar-refractivity contribution is 5.68. The van der Waals surface area contributed by atoms with Crippen molar-refractivity contribution in [3.05, 3.63) is 59.5 Å². The SMILES string of the molecule is Cc1cc(Nc2nc(-c3ccc4c(c3)CNCC4)cc3nccn23)n[nH]1. The summed E-state index contributed by atoms with van der Waals surface area (Å²) < 4.78 is 1.92. The van der Waals surface area contributed by atoms with Gasteiger partial charge in [-0.3, -0.25) is 9.50 Å². The van der Waals surface area contributed by atoms with Crippen molar-refractivity contribution in [1.82, 2.24) is 29.9 Å². The maximum absolute atomic E-state index is 4.83. The van der Waals surface area contributed by atoms with E-state index in [1.807, 2.05) is 29.7 Å². The van der Waals surface area contributed by atoms with E-state index in [0.29, 0.717) is 5.95 Å². The van der Waals surface area contributed by atoms with Gasteiger partial charge in [-0.2, -0.15) is 5.10 Å². The van der Waals surface area contributed by atoms with Gasteiger partial charge in [0.05, 0.1) is 5.69 Å². The van der Waals surface area contributed by atoms with Crippen LogP contribution in [0.5, 0.6) is 0 Å². The Morgan fingerprint density at radius 3 is 3.00 bits per heavy atom. The molecule has 1 aliphatic rings. The molecule has 0 saturated carbocycles. The third-order valence-electron chi connectivity index (χ3n) is 4.72. The number of H-pyrrole nitrogens is 1. The number of aryl methyl sites for hydroxylation is 1. The molecule has 0 bridgehead atoms. The van der Waals surface area contributed by atoms with Crippen molar-refractivity contribution in [1.29, 1.82) is 0 Å². The van der Waals surface area contributed by atoms with Gasteiger partial charge in [0.1, 0.15) is 5.65 Å². The van der Waals surface area contributed by atoms with E-state index in [0.717, 1.165) is 47.9 Å². The first-order chi connectivity index (χ1) is 12.8. The van der Waals surface area contributed by atoms with Crippen molar-refractivity contribution < 1.29 is 0 Å². The number of benzene rings is 1. The summed E-state index contributed by atoms with van der Waals surface area (Å²) in [5.74, 6) is 1.43. The number of anilines is 2. The molecular formula is C19H19N7. The van der Waals surface area contributed by atoms with Gasteiger partial charge in [0.2, 0.25) is 5.95 Å². The molecule has 3 N–H and O–H groups in total. The van der Waals surface area contributed by atoms with Crippen molar-refractivity contribution in [3.8, 4) is 11.3 Å². The fraction of sp³-hybridized carbons (Fsp3) is 0.211. The van der Waals surface area contributed by atoms with E-state index in [1.165, 1.54) is 11.1 Å². The largest absolute Gasteiger partial charge is 0.312 e. The molecule has 1 aliphatic heterocycles. The zero-order valence-electron chi connectivity index (χ0n) is 14.5. The predicted molar refractivity (Wildman–Crippen MR) is 100 cm³/mol. The molecular weight excluding hydrogens is 326 g/mol. The first kappa shape index (κ1) is 15.1. The molecule has 0 saturated heterocycles. The Bertz CT molecular complexity index is 1090. The highest BCUT2D eigenvalue weighted by Gasteiger charge is 2.13. The van der Waals surface area contributed by atoms with Crippen LogP contribution < -0.4 is 10.6 Å². The van der Waals surface area contributed by atoms with Gasteiger partial charge in [0.25, 0.3) is 0 Å². The summed E-state index contributed by atoms with van der Waals surface area (Å²) in [5, 5.41) is 13.9. The van der Waals surface area contributed by atoms with Gasteiger partial charge in [-0.05, 0) is 37.1 Å². The van der Waals surface area contributed by atoms with Crippen molar-refractivity contribution in [2.24, 2.45) is 0 Å². The second-order valence-corrected chi connectivity index (χ2v) is 6.59. The van der Waals surface area contributed by atoms with Gasteiger partial charge >= 0.3 is 0 Å². The van der Waals surface area contributed by atoms with E-state index < -0.39 is 0 Å². The first-order valence-electron chi connectivity index (χ1n) is 8.72. The molecule has 5 rings (SSSR count). The van der Waals surface area contributed by atoms with Gasteiger partial charge < -0.3 is 10.6 Å². The normalized spacial score (nSPS) is 13.7. The van der Waals surface area contributed by atoms with Gasteiger partial charge in [-0.15, -0.1) is 0 Å². The van der Waals surface area contributed by atoms with Crippen LogP contribution in [-0.4, -0.2) is 31.1 Å². The number of imidazole rings is 1. The van der Waals surface area contributed by atoms with Crippen LogP contribution in [0.1, 0.15) is 16.8 Å². The van der Waals surface area contributed by atoms with Crippen LogP contribution in [0.25, 0.3) is 16.9 Å². The monoisotopic (exact) mass is 345 g/mol. The van der Waals surface area contributed by atoms with Crippen molar-refractivity contribution in [3.63, 3.8) is 0 Å². The number of nitrogens with zero attached hydrogens (tertiary/aromatic N) is 4. The van der Waals surface area contributed by atoms with Crippen LogP contribution in [0.4, 0.5) is 11.8 Å². The Morgan fingerprint density at radius 1 is 1.15 bits per heavy atom. The van der Waals surface area contributed by atoms with Crippen molar-refractivity contribution in [2.45, 2.75) is 19.9 Å². The molecule has 0 atom stereocenters. The van der Waals surface area contributed by atoms with Crippen LogP contribution in [0.3, 0.4) is 0 Å². The average molecular weight is 345 g/mol. The van der Waals surface area contributed by atoms with E-state index in [9.17, 15) is 0 Å². The van der Waals surface area contributed by atoms with Gasteiger partial charge in [-0.1, -0.05) is 12.1 Å². The lowest BCUT2D eigenvalue weighted by Crippen LogP contribution is -2.23. The molecule has 0 unspecified atom stereocenters. The van der Waals surface area contributed by atoms with Crippen LogP contribution in [0.15, 0.2) is 42.7 Å². The van der Waals surface area contributed by atoms with Crippen LogP contribution >= 0.6 is 0 Å². The second kappa shape index (κ2) is 5.96. The number of nitrogens with one attached hydrogen (secondary N) is 3. The molecule has 0 spiro atoms. The number of hydrogen-bond donors (Lipinski definition) is 3. The number of hydrogen-bond acceptors (Lipinski definition) is 5. The summed E-state index contributed by atoms with van der Waals surface area (Å²) in [6.45, 7) is 3.92. The molecule has 130 valence electrons. The lowest BCUT2D eigenvalue weighted by Gasteiger charge is -2.18. The minimum Gasteiger partial charge on any atom is -0.312 e. The van der Waals surface area contributed by atoms with Gasteiger partial charge in [0, 0.05) is 42.3 Å². The molecule has 7 heteroatoms. The maximum atomic E-state index is 4.83. The standard InChI is InChI=1S/C19H19N7/c1-12-8-17(25-24-12)23-19-22-16(10-18-21-6-7-26(18)19)14-3-2-13-4-5-20-11-15(13)9-14/h2-3,6-10,20H,4-5,11H2,1H3,(H2,22,23,24,25). The van der Waals surface area contributed by atoms with Crippen LogP contribution in [0, 0.1) is 6.92 Å². The molecule has 0 amide bonds. The number of fused-ring (bicyclic) bond motifs is 2. The quantitative estimate of drug-likeness (QED) is 0.532. The highest BCUT2D eigenvalue weighted by atomic mass is 15.3. The summed E-state index contributed by atoms with van der Waals surface area (Å²) in [7, 11) is 0. The van der Waals surface area contributed by atoms with Crippen molar-refractivity contribution >= 4 is 17.4 Å². The summed E-state index contributed by atoms with van der Waals surface area (Å²) in [5.41, 5.74) is 6.59. The Balaban J connectivity index is 1.60. The van der Waals surface area contributed by atoms with Crippen LogP contribution in [-0.2, 0) is 13.0 Å². The van der Waals surface area contributed by atoms with Gasteiger partial charge in [0.15, 0.2) is 5.82 Å². The predicted octanol–water partition coefficient (Wildman–Crippen LogP) is 2.82. The zero-order chi connectivity index (χ0) is 17.5. The Morgan fingerprint density at radius 2 is 2.12 bits per heavy atom. The molecule has 7 nitrogen and oxygen atoms in total. The van der Waals surface area contributed by atoms with Crippen molar-refractivity contribution in [2.75, 3.05) is 11.9 Å². The van der Waals surface area contributed by atoms with E-state index in [4.69, 9.17) is 4.98 Å². The van der Waals surface area contributed by atoms with E-state index >= 15 is 0 Å². The zero-order valence-corrected chi connectivity index (χ0v) is 14.5. The lowest BCUT2D eigenvalue weighted by molar-refractivity contribution is 0.644. The van der Waals surface area contributed by atoms with Crippen LogP contribution in [0.2, 0.25) is 0 Å². The smallest absolute Gasteiger partial charge is 0.214 e. The maximum Gasteiger partial charge on any atom is 0.214 e. The molecule has 0 aliphatic carbocycles. The molecule has 1 aromatic carbocycles. The van der Waals surface area contributed by atoms with E-state index in [2.05, 4.69) is 44.0 Å².